The van der Waals surface area contributed by atoms with Gasteiger partial charge in [0, 0.05) is 25.3 Å². The average molecular weight is 384 g/mol. The molecule has 1 aliphatic heterocycles. The van der Waals surface area contributed by atoms with E-state index in [1.165, 1.54) is 11.0 Å². The molecule has 0 atom stereocenters. The number of amides is 1. The van der Waals surface area contributed by atoms with E-state index in [4.69, 9.17) is 11.6 Å². The van der Waals surface area contributed by atoms with Gasteiger partial charge < -0.3 is 4.90 Å². The maximum Gasteiger partial charge on any atom is 0.417 e. The van der Waals surface area contributed by atoms with Gasteiger partial charge in [-0.15, -0.1) is 0 Å². The second-order valence-corrected chi connectivity index (χ2v) is 8.66. The summed E-state index contributed by atoms with van der Waals surface area (Å²) >= 11 is 5.55. The zero-order chi connectivity index (χ0) is 18.1. The third-order valence-corrected chi connectivity index (χ3v) is 6.52. The molecule has 0 aromatic heterocycles. The largest absolute Gasteiger partial charge is 0.417 e. The van der Waals surface area contributed by atoms with E-state index in [1.54, 1.807) is 6.92 Å². The van der Waals surface area contributed by atoms with Crippen LogP contribution >= 0.6 is 11.6 Å². The lowest BCUT2D eigenvalue weighted by molar-refractivity contribution is -0.137. The van der Waals surface area contributed by atoms with Gasteiger partial charge in [0.15, 0.2) is 9.84 Å². The van der Waals surface area contributed by atoms with Crippen LogP contribution in [0.3, 0.4) is 0 Å². The molecule has 134 valence electrons. The molecule has 0 bridgehead atoms. The van der Waals surface area contributed by atoms with Crippen LogP contribution in [0.4, 0.5) is 13.2 Å². The third-order valence-electron chi connectivity index (χ3n) is 4.07. The number of rotatable bonds is 5. The van der Waals surface area contributed by atoms with Crippen molar-refractivity contribution >= 4 is 27.3 Å². The summed E-state index contributed by atoms with van der Waals surface area (Å²) in [6.07, 6.45) is -4.38. The van der Waals surface area contributed by atoms with E-state index in [1.807, 2.05) is 0 Å². The van der Waals surface area contributed by atoms with Gasteiger partial charge in [0.2, 0.25) is 5.91 Å². The summed E-state index contributed by atoms with van der Waals surface area (Å²) in [5.41, 5.74) is -0.564. The maximum absolute atomic E-state index is 12.8. The molecule has 0 N–H and O–H groups in total. The van der Waals surface area contributed by atoms with Crippen molar-refractivity contribution in [2.24, 2.45) is 0 Å². The van der Waals surface area contributed by atoms with Crippen molar-refractivity contribution < 1.29 is 26.4 Å². The lowest BCUT2D eigenvalue weighted by Gasteiger charge is -2.38. The molecule has 9 heteroatoms. The van der Waals surface area contributed by atoms with Crippen LogP contribution in [-0.4, -0.2) is 43.3 Å². The molecule has 24 heavy (non-hydrogen) atoms. The van der Waals surface area contributed by atoms with E-state index in [0.29, 0.717) is 5.56 Å². The first-order valence-corrected chi connectivity index (χ1v) is 9.49. The molecule has 0 unspecified atom stereocenters. The van der Waals surface area contributed by atoms with Gasteiger partial charge >= 0.3 is 6.18 Å². The third kappa shape index (κ3) is 4.22. The fourth-order valence-corrected chi connectivity index (χ4v) is 3.97. The number of alkyl halides is 3. The molecule has 1 saturated heterocycles. The number of aryl methyl sites for hydroxylation is 1. The van der Waals surface area contributed by atoms with Crippen molar-refractivity contribution in [1.82, 2.24) is 4.90 Å². The van der Waals surface area contributed by atoms with Crippen molar-refractivity contribution in [3.63, 3.8) is 0 Å². The van der Waals surface area contributed by atoms with Gasteiger partial charge in [-0.3, -0.25) is 4.79 Å². The molecule has 4 nitrogen and oxygen atoms in total. The Kier molecular flexibility index (Phi) is 5.49. The molecule has 2 rings (SSSR count). The van der Waals surface area contributed by atoms with E-state index >= 15 is 0 Å². The van der Waals surface area contributed by atoms with Crippen molar-refractivity contribution in [2.75, 3.05) is 18.8 Å². The number of nitrogens with zero attached hydrogens (tertiary/aromatic N) is 1. The molecular formula is C15H17ClF3NO3S. The Balaban J connectivity index is 1.92. The van der Waals surface area contributed by atoms with Gasteiger partial charge in [-0.05, 0) is 24.1 Å². The second-order valence-electron chi connectivity index (χ2n) is 5.68. The Morgan fingerprint density at radius 2 is 1.96 bits per heavy atom. The molecular weight excluding hydrogens is 367 g/mol. The molecule has 1 aliphatic rings. The van der Waals surface area contributed by atoms with Crippen molar-refractivity contribution in [3.8, 4) is 0 Å². The fourth-order valence-electron chi connectivity index (χ4n) is 2.46. The summed E-state index contributed by atoms with van der Waals surface area (Å²) in [4.78, 5) is 13.4. The summed E-state index contributed by atoms with van der Waals surface area (Å²) in [7, 11) is -3.16. The molecule has 0 radical (unpaired) electrons. The summed E-state index contributed by atoms with van der Waals surface area (Å²) < 4.78 is 61.6. The van der Waals surface area contributed by atoms with E-state index in [-0.39, 0.29) is 42.6 Å². The first kappa shape index (κ1) is 19.1. The van der Waals surface area contributed by atoms with Gasteiger partial charge in [0.25, 0.3) is 0 Å². The fraction of sp³-hybridized carbons (Fsp3) is 0.533. The Morgan fingerprint density at radius 3 is 2.50 bits per heavy atom. The molecule has 0 spiro atoms. The quantitative estimate of drug-likeness (QED) is 0.785. The first-order valence-electron chi connectivity index (χ1n) is 7.39. The van der Waals surface area contributed by atoms with Crippen LogP contribution in [0.1, 0.15) is 24.5 Å². The van der Waals surface area contributed by atoms with Gasteiger partial charge in [0.1, 0.15) is 0 Å². The predicted octanol–water partition coefficient (Wildman–Crippen LogP) is 2.94. The van der Waals surface area contributed by atoms with Crippen LogP contribution in [-0.2, 0) is 27.2 Å². The zero-order valence-electron chi connectivity index (χ0n) is 12.9. The van der Waals surface area contributed by atoms with Crippen LogP contribution < -0.4 is 0 Å². The van der Waals surface area contributed by atoms with Gasteiger partial charge in [-0.2, -0.15) is 13.2 Å². The monoisotopic (exact) mass is 383 g/mol. The standard InChI is InChI=1S/C15H17ClF3NO3S/c1-2-24(22,23)11-8-20(9-11)14(21)6-4-10-3-5-13(16)12(7-10)15(17,18)19/h3,5,7,11H,2,4,6,8-9H2,1H3. The molecule has 1 aromatic carbocycles. The number of hydrogen-bond donors (Lipinski definition) is 0. The van der Waals surface area contributed by atoms with E-state index < -0.39 is 26.8 Å². The molecule has 1 fully saturated rings. The highest BCUT2D eigenvalue weighted by Gasteiger charge is 2.38. The van der Waals surface area contributed by atoms with Crippen molar-refractivity contribution in [1.29, 1.82) is 0 Å². The minimum atomic E-state index is -4.55. The highest BCUT2D eigenvalue weighted by molar-refractivity contribution is 7.92. The zero-order valence-corrected chi connectivity index (χ0v) is 14.5. The van der Waals surface area contributed by atoms with Crippen LogP contribution in [0.2, 0.25) is 5.02 Å². The number of carbonyl (C=O) groups is 1. The lowest BCUT2D eigenvalue weighted by Crippen LogP contribution is -2.57. The van der Waals surface area contributed by atoms with Crippen LogP contribution in [0.15, 0.2) is 18.2 Å². The minimum Gasteiger partial charge on any atom is -0.340 e. The number of benzene rings is 1. The Hall–Kier alpha value is -1.28. The highest BCUT2D eigenvalue weighted by atomic mass is 35.5. The van der Waals surface area contributed by atoms with E-state index in [9.17, 15) is 26.4 Å². The average Bonchev–Trinajstić information content (AvgIpc) is 2.43. The topological polar surface area (TPSA) is 54.5 Å². The lowest BCUT2D eigenvalue weighted by atomic mass is 10.0. The van der Waals surface area contributed by atoms with Crippen LogP contribution in [0.5, 0.6) is 0 Å². The number of carbonyl (C=O) groups excluding carboxylic acids is 1. The smallest absolute Gasteiger partial charge is 0.340 e. The number of hydrogen-bond acceptors (Lipinski definition) is 3. The van der Waals surface area contributed by atoms with Gasteiger partial charge in [-0.25, -0.2) is 8.42 Å². The second kappa shape index (κ2) is 6.92. The Morgan fingerprint density at radius 1 is 1.33 bits per heavy atom. The Bertz CT molecular complexity index is 728. The summed E-state index contributed by atoms with van der Waals surface area (Å²) in [5, 5.41) is -0.910. The van der Waals surface area contributed by atoms with Crippen LogP contribution in [0.25, 0.3) is 0 Å². The minimum absolute atomic E-state index is 0.0256. The number of sulfone groups is 1. The van der Waals surface area contributed by atoms with Crippen LogP contribution in [0, 0.1) is 0 Å². The molecule has 1 heterocycles. The molecule has 1 amide bonds. The number of halogens is 4. The highest BCUT2D eigenvalue weighted by Crippen LogP contribution is 2.35. The van der Waals surface area contributed by atoms with E-state index in [2.05, 4.69) is 0 Å². The first-order chi connectivity index (χ1) is 11.0. The van der Waals surface area contributed by atoms with Crippen molar-refractivity contribution in [2.45, 2.75) is 31.2 Å². The van der Waals surface area contributed by atoms with E-state index in [0.717, 1.165) is 12.1 Å². The summed E-state index contributed by atoms with van der Waals surface area (Å²) in [6.45, 7) is 1.87. The van der Waals surface area contributed by atoms with Gasteiger partial charge in [-0.1, -0.05) is 24.6 Å². The normalized spacial score (nSPS) is 16.1. The SMILES string of the molecule is CCS(=O)(=O)C1CN(C(=O)CCc2ccc(Cl)c(C(F)(F)F)c2)C1. The molecule has 0 aliphatic carbocycles. The Labute approximate surface area is 143 Å². The number of likely N-dealkylation sites (tertiary alicyclic amines) is 1. The maximum atomic E-state index is 12.8. The van der Waals surface area contributed by atoms with Crippen molar-refractivity contribution in [3.05, 3.63) is 34.3 Å². The summed E-state index contributed by atoms with van der Waals surface area (Å²) in [6, 6.07) is 3.55. The van der Waals surface area contributed by atoms with Gasteiger partial charge in [0.05, 0.1) is 15.8 Å². The predicted molar refractivity (Wildman–Crippen MR) is 84.6 cm³/mol. The molecule has 0 saturated carbocycles. The molecule has 1 aromatic rings. The summed E-state index contributed by atoms with van der Waals surface area (Å²) in [5.74, 6) is -0.230.